The molecule has 0 aliphatic rings. The lowest BCUT2D eigenvalue weighted by Crippen LogP contribution is -2.13. The van der Waals surface area contributed by atoms with Crippen LogP contribution in [0.25, 0.3) is 6.08 Å². The van der Waals surface area contributed by atoms with E-state index >= 15 is 0 Å². The molecule has 0 aromatic heterocycles. The van der Waals surface area contributed by atoms with Gasteiger partial charge in [0, 0.05) is 10.2 Å². The number of anilines is 1. The van der Waals surface area contributed by atoms with E-state index in [1.165, 1.54) is 11.6 Å². The quantitative estimate of drug-likeness (QED) is 0.141. The summed E-state index contributed by atoms with van der Waals surface area (Å²) in [5, 5.41) is 12.4. The van der Waals surface area contributed by atoms with Gasteiger partial charge in [-0.1, -0.05) is 64.0 Å². The molecule has 0 heterocycles. The fourth-order valence-electron chi connectivity index (χ4n) is 3.74. The van der Waals surface area contributed by atoms with Crippen LogP contribution >= 0.6 is 15.9 Å². The molecule has 4 aromatic carbocycles. The number of amides is 1. The Morgan fingerprint density at radius 2 is 1.50 bits per heavy atom. The van der Waals surface area contributed by atoms with Gasteiger partial charge in [0.1, 0.15) is 30.6 Å². The Balaban J connectivity index is 1.39. The molecule has 7 heteroatoms. The molecule has 4 rings (SSSR count). The third-order valence-electron chi connectivity index (χ3n) is 5.89. The minimum absolute atomic E-state index is 0.0364. The van der Waals surface area contributed by atoms with Crippen molar-refractivity contribution < 1.29 is 19.0 Å². The van der Waals surface area contributed by atoms with Crippen molar-refractivity contribution in [2.75, 3.05) is 11.9 Å². The normalized spacial score (nSPS) is 10.9. The number of hydrogen-bond acceptors (Lipinski definition) is 5. The van der Waals surface area contributed by atoms with Crippen LogP contribution < -0.4 is 19.5 Å². The van der Waals surface area contributed by atoms with E-state index in [9.17, 15) is 10.1 Å². The SMILES string of the molecule is CCOc1cc(/C=C(\C#N)C(=O)Nc2ccc(OCc3ccc(C)cc3)cc2)ccc1OCc1ccc(Br)cc1. The maximum atomic E-state index is 12.8. The zero-order valence-corrected chi connectivity index (χ0v) is 23.9. The summed E-state index contributed by atoms with van der Waals surface area (Å²) < 4.78 is 18.6. The minimum atomic E-state index is -0.510. The van der Waals surface area contributed by atoms with Crippen LogP contribution in [0.15, 0.2) is 101 Å². The Morgan fingerprint density at radius 1 is 0.850 bits per heavy atom. The van der Waals surface area contributed by atoms with Crippen molar-refractivity contribution >= 4 is 33.6 Å². The number of nitriles is 1. The van der Waals surface area contributed by atoms with Crippen LogP contribution in [0, 0.1) is 18.3 Å². The zero-order chi connectivity index (χ0) is 28.3. The van der Waals surface area contributed by atoms with Crippen LogP contribution in [-0.4, -0.2) is 12.5 Å². The van der Waals surface area contributed by atoms with Gasteiger partial charge in [-0.25, -0.2) is 0 Å². The van der Waals surface area contributed by atoms with Gasteiger partial charge in [-0.3, -0.25) is 4.79 Å². The molecule has 0 bridgehead atoms. The van der Waals surface area contributed by atoms with Gasteiger partial charge in [0.15, 0.2) is 11.5 Å². The molecular formula is C33H29BrN2O4. The van der Waals surface area contributed by atoms with E-state index in [2.05, 4.69) is 21.2 Å². The van der Waals surface area contributed by atoms with E-state index < -0.39 is 5.91 Å². The molecule has 1 N–H and O–H groups in total. The second kappa shape index (κ2) is 14.0. The molecule has 40 heavy (non-hydrogen) atoms. The Kier molecular flexibility index (Phi) is 9.98. The highest BCUT2D eigenvalue weighted by molar-refractivity contribution is 9.10. The molecule has 0 atom stereocenters. The van der Waals surface area contributed by atoms with E-state index in [4.69, 9.17) is 14.2 Å². The standard InChI is InChI=1S/C33H29BrN2O4/c1-3-38-32-19-26(10-17-31(32)40-22-25-8-11-28(34)12-9-25)18-27(20-35)33(37)36-29-13-15-30(16-14-29)39-21-24-6-4-23(2)5-7-24/h4-19H,3,21-22H2,1-2H3,(H,36,37)/b27-18+. The monoisotopic (exact) mass is 596 g/mol. The van der Waals surface area contributed by atoms with Crippen molar-refractivity contribution in [3.8, 4) is 23.3 Å². The maximum Gasteiger partial charge on any atom is 0.266 e. The largest absolute Gasteiger partial charge is 0.490 e. The number of nitrogens with zero attached hydrogens (tertiary/aromatic N) is 1. The van der Waals surface area contributed by atoms with Crippen LogP contribution in [0.3, 0.4) is 0 Å². The van der Waals surface area contributed by atoms with E-state index in [1.54, 1.807) is 42.5 Å². The summed E-state index contributed by atoms with van der Waals surface area (Å²) in [6.45, 7) is 5.20. The van der Waals surface area contributed by atoms with Gasteiger partial charge < -0.3 is 19.5 Å². The lowest BCUT2D eigenvalue weighted by atomic mass is 10.1. The molecule has 0 spiro atoms. The van der Waals surface area contributed by atoms with Gasteiger partial charge in [-0.15, -0.1) is 0 Å². The van der Waals surface area contributed by atoms with Crippen LogP contribution in [0.5, 0.6) is 17.2 Å². The predicted octanol–water partition coefficient (Wildman–Crippen LogP) is 7.86. The highest BCUT2D eigenvalue weighted by Crippen LogP contribution is 2.30. The number of carbonyl (C=O) groups excluding carboxylic acids is 1. The highest BCUT2D eigenvalue weighted by Gasteiger charge is 2.12. The molecule has 0 saturated heterocycles. The number of carbonyl (C=O) groups is 1. The average molecular weight is 598 g/mol. The first-order valence-corrected chi connectivity index (χ1v) is 13.6. The first kappa shape index (κ1) is 28.5. The second-order valence-corrected chi connectivity index (χ2v) is 9.89. The van der Waals surface area contributed by atoms with E-state index in [0.29, 0.717) is 48.3 Å². The summed E-state index contributed by atoms with van der Waals surface area (Å²) in [7, 11) is 0. The average Bonchev–Trinajstić information content (AvgIpc) is 2.97. The van der Waals surface area contributed by atoms with E-state index in [1.807, 2.05) is 68.4 Å². The zero-order valence-electron chi connectivity index (χ0n) is 22.3. The summed E-state index contributed by atoms with van der Waals surface area (Å²) in [5.41, 5.74) is 4.45. The molecule has 1 amide bonds. The van der Waals surface area contributed by atoms with Gasteiger partial charge in [0.2, 0.25) is 0 Å². The molecule has 0 unspecified atom stereocenters. The summed E-state index contributed by atoms with van der Waals surface area (Å²) in [6, 6.07) is 30.4. The Hall–Kier alpha value is -4.54. The maximum absolute atomic E-state index is 12.8. The fraction of sp³-hybridized carbons (Fsp3) is 0.152. The van der Waals surface area contributed by atoms with Crippen molar-refractivity contribution in [2.24, 2.45) is 0 Å². The number of nitrogens with one attached hydrogen (secondary N) is 1. The van der Waals surface area contributed by atoms with Crippen molar-refractivity contribution in [3.63, 3.8) is 0 Å². The topological polar surface area (TPSA) is 80.6 Å². The Bertz CT molecular complexity index is 1510. The number of ether oxygens (including phenoxy) is 3. The molecule has 0 aliphatic heterocycles. The molecule has 0 saturated carbocycles. The number of halogens is 1. The first-order chi connectivity index (χ1) is 19.4. The summed E-state index contributed by atoms with van der Waals surface area (Å²) >= 11 is 3.43. The van der Waals surface area contributed by atoms with Crippen LogP contribution in [0.1, 0.15) is 29.2 Å². The smallest absolute Gasteiger partial charge is 0.266 e. The number of rotatable bonds is 11. The van der Waals surface area contributed by atoms with Crippen molar-refractivity contribution in [1.82, 2.24) is 0 Å². The van der Waals surface area contributed by atoms with Gasteiger partial charge in [-0.2, -0.15) is 5.26 Å². The molecule has 0 aliphatic carbocycles. The van der Waals surface area contributed by atoms with Crippen molar-refractivity contribution in [3.05, 3.63) is 123 Å². The van der Waals surface area contributed by atoms with Crippen LogP contribution in [0.2, 0.25) is 0 Å². The van der Waals surface area contributed by atoms with Gasteiger partial charge in [0.05, 0.1) is 6.61 Å². The molecule has 0 fully saturated rings. The van der Waals surface area contributed by atoms with Crippen molar-refractivity contribution in [1.29, 1.82) is 5.26 Å². The third-order valence-corrected chi connectivity index (χ3v) is 6.42. The lowest BCUT2D eigenvalue weighted by Gasteiger charge is -2.13. The number of benzene rings is 4. The summed E-state index contributed by atoms with van der Waals surface area (Å²) in [4.78, 5) is 12.8. The molecular weight excluding hydrogens is 568 g/mol. The van der Waals surface area contributed by atoms with Crippen molar-refractivity contribution in [2.45, 2.75) is 27.1 Å². The summed E-state index contributed by atoms with van der Waals surface area (Å²) in [6.07, 6.45) is 1.52. The predicted molar refractivity (Wildman–Crippen MR) is 160 cm³/mol. The minimum Gasteiger partial charge on any atom is -0.490 e. The molecule has 0 radical (unpaired) electrons. The summed E-state index contributed by atoms with van der Waals surface area (Å²) in [5.74, 6) is 1.28. The number of aryl methyl sites for hydroxylation is 1. The number of hydrogen-bond donors (Lipinski definition) is 1. The first-order valence-electron chi connectivity index (χ1n) is 12.8. The van der Waals surface area contributed by atoms with Gasteiger partial charge in [-0.05, 0) is 85.1 Å². The van der Waals surface area contributed by atoms with Crippen LogP contribution in [0.4, 0.5) is 5.69 Å². The Labute approximate surface area is 243 Å². The second-order valence-electron chi connectivity index (χ2n) is 8.98. The third kappa shape index (κ3) is 8.23. The highest BCUT2D eigenvalue weighted by atomic mass is 79.9. The fourth-order valence-corrected chi connectivity index (χ4v) is 4.01. The van der Waals surface area contributed by atoms with E-state index in [0.717, 1.165) is 15.6 Å². The van der Waals surface area contributed by atoms with Gasteiger partial charge >= 0.3 is 0 Å². The lowest BCUT2D eigenvalue weighted by molar-refractivity contribution is -0.112. The molecule has 202 valence electrons. The molecule has 4 aromatic rings. The molecule has 6 nitrogen and oxygen atoms in total. The van der Waals surface area contributed by atoms with Gasteiger partial charge in [0.25, 0.3) is 5.91 Å². The van der Waals surface area contributed by atoms with E-state index in [-0.39, 0.29) is 5.57 Å². The Morgan fingerprint density at radius 3 is 2.15 bits per heavy atom. The van der Waals surface area contributed by atoms with Crippen LogP contribution in [-0.2, 0) is 18.0 Å².